The van der Waals surface area contributed by atoms with E-state index in [9.17, 15) is 29.1 Å². The minimum Gasteiger partial charge on any atom is -0.480 e. The Morgan fingerprint density at radius 2 is 1.56 bits per heavy atom. The fourth-order valence-electron chi connectivity index (χ4n) is 1.78. The van der Waals surface area contributed by atoms with Crippen molar-refractivity contribution in [2.24, 2.45) is 11.5 Å². The highest BCUT2D eigenvalue weighted by Gasteiger charge is 2.28. The fraction of sp³-hybridized carbons (Fsp3) is 0.643. The molecule has 4 atom stereocenters. The summed E-state index contributed by atoms with van der Waals surface area (Å²) >= 11 is 3.86. The summed E-state index contributed by atoms with van der Waals surface area (Å²) in [5.74, 6) is -4.50. The molecule has 12 nitrogen and oxygen atoms in total. The number of thiol groups is 1. The van der Waals surface area contributed by atoms with Crippen LogP contribution in [0.25, 0.3) is 0 Å². The largest absolute Gasteiger partial charge is 0.480 e. The van der Waals surface area contributed by atoms with Crippen LogP contribution in [0.1, 0.15) is 19.8 Å². The molecule has 4 unspecified atom stereocenters. The summed E-state index contributed by atoms with van der Waals surface area (Å²) in [5, 5.41) is 24.9. The second-order valence-electron chi connectivity index (χ2n) is 5.67. The number of aliphatic carboxylic acids is 1. The van der Waals surface area contributed by atoms with Crippen LogP contribution in [-0.4, -0.2) is 76.3 Å². The topological polar surface area (TPSA) is 214 Å². The van der Waals surface area contributed by atoms with Gasteiger partial charge in [0, 0.05) is 12.2 Å². The maximum absolute atomic E-state index is 12.1. The van der Waals surface area contributed by atoms with Crippen LogP contribution < -0.4 is 27.4 Å². The van der Waals surface area contributed by atoms with Gasteiger partial charge in [-0.05, 0) is 13.3 Å². The number of hydrogen-bond donors (Lipinski definition) is 8. The zero-order chi connectivity index (χ0) is 21.1. The molecule has 0 rings (SSSR count). The molecular weight excluding hydrogens is 382 g/mol. The molecule has 0 aliphatic carbocycles. The predicted molar refractivity (Wildman–Crippen MR) is 96.4 cm³/mol. The Hall–Kier alpha value is -2.38. The normalized spacial score (nSPS) is 15.0. The van der Waals surface area contributed by atoms with Crippen molar-refractivity contribution < 1.29 is 34.2 Å². The maximum atomic E-state index is 12.1. The van der Waals surface area contributed by atoms with E-state index in [0.29, 0.717) is 0 Å². The lowest BCUT2D eigenvalue weighted by Gasteiger charge is -2.22. The van der Waals surface area contributed by atoms with Crippen molar-refractivity contribution in [2.45, 2.75) is 43.9 Å². The molecule has 0 aliphatic rings. The minimum absolute atomic E-state index is 0.0592. The molecule has 154 valence electrons. The van der Waals surface area contributed by atoms with Gasteiger partial charge in [0.1, 0.15) is 18.1 Å². The Morgan fingerprint density at radius 1 is 1.00 bits per heavy atom. The number of amides is 4. The summed E-state index contributed by atoms with van der Waals surface area (Å²) in [4.78, 5) is 57.6. The highest BCUT2D eigenvalue weighted by atomic mass is 32.1. The van der Waals surface area contributed by atoms with Gasteiger partial charge in [-0.1, -0.05) is 0 Å². The monoisotopic (exact) mass is 407 g/mol. The first-order valence-corrected chi connectivity index (χ1v) is 8.56. The van der Waals surface area contributed by atoms with Crippen molar-refractivity contribution in [1.82, 2.24) is 16.0 Å². The van der Waals surface area contributed by atoms with Crippen LogP contribution in [0.2, 0.25) is 0 Å². The van der Waals surface area contributed by atoms with Gasteiger partial charge >= 0.3 is 5.97 Å². The second-order valence-corrected chi connectivity index (χ2v) is 6.03. The van der Waals surface area contributed by atoms with E-state index < -0.39 is 60.4 Å². The van der Waals surface area contributed by atoms with Crippen molar-refractivity contribution in [2.75, 3.05) is 12.4 Å². The molecule has 9 N–H and O–H groups in total. The Morgan fingerprint density at radius 3 is 2.00 bits per heavy atom. The van der Waals surface area contributed by atoms with Gasteiger partial charge in [-0.2, -0.15) is 12.6 Å². The number of aliphatic hydroxyl groups is 1. The Kier molecular flexibility index (Phi) is 11.0. The lowest BCUT2D eigenvalue weighted by atomic mass is 10.1. The Balaban J connectivity index is 4.81. The third-order valence-electron chi connectivity index (χ3n) is 3.40. The molecule has 4 amide bonds. The third kappa shape index (κ3) is 9.21. The molecule has 0 fully saturated rings. The number of carboxylic acids is 1. The van der Waals surface area contributed by atoms with E-state index in [-0.39, 0.29) is 18.6 Å². The zero-order valence-electron chi connectivity index (χ0n) is 14.7. The standard InChI is InChI=1S/C14H25N5O7S/c1-6(17-12(23)7(15)5-27)11(22)19-9(4-20)13(24)18-8(14(25)26)2-3-10(16)21/h6-9,20,27H,2-5,15H2,1H3,(H2,16,21)(H,17,23)(H,18,24)(H,19,22)(H,25,26). The number of carboxylic acid groups (broad SMARTS) is 1. The first-order chi connectivity index (χ1) is 12.5. The van der Waals surface area contributed by atoms with E-state index in [1.165, 1.54) is 6.92 Å². The molecule has 0 aromatic rings. The molecule has 0 radical (unpaired) electrons. The van der Waals surface area contributed by atoms with Crippen molar-refractivity contribution in [1.29, 1.82) is 0 Å². The van der Waals surface area contributed by atoms with Gasteiger partial charge in [0.15, 0.2) is 0 Å². The van der Waals surface area contributed by atoms with Crippen LogP contribution in [0.4, 0.5) is 0 Å². The molecule has 0 saturated carbocycles. The second kappa shape index (κ2) is 12.1. The number of nitrogens with two attached hydrogens (primary N) is 2. The summed E-state index contributed by atoms with van der Waals surface area (Å²) in [6.45, 7) is 0.508. The first kappa shape index (κ1) is 24.6. The number of carbonyl (C=O) groups excluding carboxylic acids is 4. The van der Waals surface area contributed by atoms with E-state index in [2.05, 4.69) is 28.6 Å². The summed E-state index contributed by atoms with van der Waals surface area (Å²) in [6.07, 6.45) is -0.529. The zero-order valence-corrected chi connectivity index (χ0v) is 15.6. The predicted octanol–water partition coefficient (Wildman–Crippen LogP) is -3.94. The molecule has 0 aromatic carbocycles. The summed E-state index contributed by atoms with van der Waals surface area (Å²) in [6, 6.07) is -4.90. The van der Waals surface area contributed by atoms with Crippen molar-refractivity contribution in [3.8, 4) is 0 Å². The lowest BCUT2D eigenvalue weighted by molar-refractivity contribution is -0.143. The van der Waals surface area contributed by atoms with Crippen LogP contribution in [-0.2, 0) is 24.0 Å². The SMILES string of the molecule is CC(NC(=O)C(N)CS)C(=O)NC(CO)C(=O)NC(CCC(N)=O)C(=O)O. The number of nitrogens with one attached hydrogen (secondary N) is 3. The first-order valence-electron chi connectivity index (χ1n) is 7.93. The Labute approximate surface area is 160 Å². The van der Waals surface area contributed by atoms with E-state index in [4.69, 9.17) is 16.6 Å². The van der Waals surface area contributed by atoms with E-state index in [1.807, 2.05) is 0 Å². The number of hydrogen-bond acceptors (Lipinski definition) is 8. The van der Waals surface area contributed by atoms with Crippen molar-refractivity contribution in [3.05, 3.63) is 0 Å². The highest BCUT2D eigenvalue weighted by Crippen LogP contribution is 1.99. The molecule has 0 saturated heterocycles. The van der Waals surface area contributed by atoms with E-state index in [0.717, 1.165) is 0 Å². The lowest BCUT2D eigenvalue weighted by Crippen LogP contribution is -2.57. The highest BCUT2D eigenvalue weighted by molar-refractivity contribution is 7.80. The van der Waals surface area contributed by atoms with Gasteiger partial charge in [0.2, 0.25) is 23.6 Å². The number of aliphatic hydroxyl groups excluding tert-OH is 1. The van der Waals surface area contributed by atoms with Gasteiger partial charge in [0.05, 0.1) is 12.6 Å². The molecular formula is C14H25N5O7S. The fourth-order valence-corrected chi connectivity index (χ4v) is 1.94. The molecule has 0 spiro atoms. The average molecular weight is 407 g/mol. The summed E-state index contributed by atoms with van der Waals surface area (Å²) in [7, 11) is 0. The Bertz CT molecular complexity index is 574. The van der Waals surface area contributed by atoms with Crippen LogP contribution in [0.5, 0.6) is 0 Å². The van der Waals surface area contributed by atoms with Crippen LogP contribution in [0.15, 0.2) is 0 Å². The summed E-state index contributed by atoms with van der Waals surface area (Å²) in [5.41, 5.74) is 10.4. The molecule has 27 heavy (non-hydrogen) atoms. The van der Waals surface area contributed by atoms with Gasteiger partial charge in [-0.15, -0.1) is 0 Å². The van der Waals surface area contributed by atoms with Crippen LogP contribution in [0.3, 0.4) is 0 Å². The van der Waals surface area contributed by atoms with Gasteiger partial charge in [0.25, 0.3) is 0 Å². The molecule has 0 bridgehead atoms. The molecule has 0 aromatic heterocycles. The number of primary amides is 1. The van der Waals surface area contributed by atoms with Crippen LogP contribution in [0, 0.1) is 0 Å². The average Bonchev–Trinajstić information content (AvgIpc) is 2.60. The van der Waals surface area contributed by atoms with Crippen molar-refractivity contribution >= 4 is 42.2 Å². The third-order valence-corrected chi connectivity index (χ3v) is 3.79. The van der Waals surface area contributed by atoms with Gasteiger partial charge in [-0.3, -0.25) is 19.2 Å². The van der Waals surface area contributed by atoms with Crippen LogP contribution >= 0.6 is 12.6 Å². The van der Waals surface area contributed by atoms with E-state index >= 15 is 0 Å². The maximum Gasteiger partial charge on any atom is 0.326 e. The smallest absolute Gasteiger partial charge is 0.326 e. The number of rotatable bonds is 12. The molecule has 0 heterocycles. The minimum atomic E-state index is -1.47. The quantitative estimate of drug-likeness (QED) is 0.149. The number of carbonyl (C=O) groups is 5. The summed E-state index contributed by atoms with van der Waals surface area (Å²) < 4.78 is 0. The van der Waals surface area contributed by atoms with Gasteiger partial charge < -0.3 is 37.6 Å². The van der Waals surface area contributed by atoms with Crippen molar-refractivity contribution in [3.63, 3.8) is 0 Å². The molecule has 13 heteroatoms. The van der Waals surface area contributed by atoms with Gasteiger partial charge in [-0.25, -0.2) is 4.79 Å². The van der Waals surface area contributed by atoms with E-state index in [1.54, 1.807) is 0 Å². The molecule has 0 aliphatic heterocycles.